The van der Waals surface area contributed by atoms with E-state index in [0.717, 1.165) is 11.1 Å². The Hall–Kier alpha value is -3.02. The summed E-state index contributed by atoms with van der Waals surface area (Å²) in [6.45, 7) is 0.804. The van der Waals surface area contributed by atoms with Crippen LogP contribution < -0.4 is 14.8 Å². The van der Waals surface area contributed by atoms with Crippen LogP contribution in [0.25, 0.3) is 0 Å². The van der Waals surface area contributed by atoms with Crippen LogP contribution in [0, 0.1) is 0 Å². The fourth-order valence-electron chi connectivity index (χ4n) is 2.83. The Morgan fingerprint density at radius 1 is 0.897 bits per heavy atom. The maximum absolute atomic E-state index is 12.7. The summed E-state index contributed by atoms with van der Waals surface area (Å²) < 4.78 is 16.3. The molecule has 3 aromatic carbocycles. The third kappa shape index (κ3) is 5.50. The van der Waals surface area contributed by atoms with E-state index in [-0.39, 0.29) is 5.91 Å². The minimum Gasteiger partial charge on any atom is -0.496 e. The molecule has 3 rings (SSSR count). The zero-order chi connectivity index (χ0) is 20.6. The Morgan fingerprint density at radius 2 is 1.62 bits per heavy atom. The zero-order valence-electron chi connectivity index (χ0n) is 16.3. The molecular weight excluding hydrogens is 390 g/mol. The van der Waals surface area contributed by atoms with Gasteiger partial charge in [0.2, 0.25) is 0 Å². The molecule has 3 aromatic rings. The summed E-state index contributed by atoms with van der Waals surface area (Å²) in [5.74, 6) is 0.965. The van der Waals surface area contributed by atoms with Gasteiger partial charge < -0.3 is 19.5 Å². The standard InChI is InChI=1S/C23H22ClNO4/c1-27-21-10-8-17(12-18(21)15-29-14-16-6-4-3-5-7-16)23(26)25-19-9-11-22(28-2)20(24)13-19/h3-13H,14-15H2,1-2H3,(H,25,26). The lowest BCUT2D eigenvalue weighted by Gasteiger charge is -2.12. The average Bonchev–Trinajstić information content (AvgIpc) is 2.74. The van der Waals surface area contributed by atoms with Crippen LogP contribution in [-0.4, -0.2) is 20.1 Å². The summed E-state index contributed by atoms with van der Waals surface area (Å²) in [5, 5.41) is 3.26. The number of methoxy groups -OCH3 is 2. The van der Waals surface area contributed by atoms with Crippen molar-refractivity contribution in [3.05, 3.63) is 88.4 Å². The van der Waals surface area contributed by atoms with E-state index in [1.807, 2.05) is 30.3 Å². The monoisotopic (exact) mass is 411 g/mol. The van der Waals surface area contributed by atoms with Crippen molar-refractivity contribution in [2.75, 3.05) is 19.5 Å². The molecule has 6 heteroatoms. The smallest absolute Gasteiger partial charge is 0.255 e. The van der Waals surface area contributed by atoms with E-state index in [0.29, 0.717) is 41.0 Å². The van der Waals surface area contributed by atoms with Crippen molar-refractivity contribution in [2.45, 2.75) is 13.2 Å². The molecule has 0 aliphatic carbocycles. The second-order valence-electron chi connectivity index (χ2n) is 6.31. The average molecular weight is 412 g/mol. The number of anilines is 1. The number of halogens is 1. The Balaban J connectivity index is 1.69. The Bertz CT molecular complexity index is 976. The highest BCUT2D eigenvalue weighted by Gasteiger charge is 2.12. The zero-order valence-corrected chi connectivity index (χ0v) is 17.0. The van der Waals surface area contributed by atoms with Gasteiger partial charge in [0.05, 0.1) is 32.5 Å². The van der Waals surface area contributed by atoms with Gasteiger partial charge in [0.1, 0.15) is 11.5 Å². The third-order valence-corrected chi connectivity index (χ3v) is 4.62. The molecule has 0 bridgehead atoms. The molecule has 1 amide bonds. The third-order valence-electron chi connectivity index (χ3n) is 4.32. The molecule has 29 heavy (non-hydrogen) atoms. The van der Waals surface area contributed by atoms with Gasteiger partial charge in [-0.2, -0.15) is 0 Å². The van der Waals surface area contributed by atoms with Crippen LogP contribution in [0.15, 0.2) is 66.7 Å². The minimum atomic E-state index is -0.252. The van der Waals surface area contributed by atoms with Crippen molar-refractivity contribution < 1.29 is 19.0 Å². The lowest BCUT2D eigenvalue weighted by atomic mass is 10.1. The first-order valence-electron chi connectivity index (χ1n) is 9.04. The van der Waals surface area contributed by atoms with Gasteiger partial charge in [-0.3, -0.25) is 4.79 Å². The van der Waals surface area contributed by atoms with E-state index < -0.39 is 0 Å². The Morgan fingerprint density at radius 3 is 2.31 bits per heavy atom. The van der Waals surface area contributed by atoms with Gasteiger partial charge in [-0.25, -0.2) is 0 Å². The molecule has 0 saturated carbocycles. The summed E-state index contributed by atoms with van der Waals surface area (Å²) in [6, 6.07) is 20.2. The van der Waals surface area contributed by atoms with Crippen molar-refractivity contribution in [3.8, 4) is 11.5 Å². The van der Waals surface area contributed by atoms with Crippen LogP contribution in [0.1, 0.15) is 21.5 Å². The van der Waals surface area contributed by atoms with Crippen LogP contribution >= 0.6 is 11.6 Å². The minimum absolute atomic E-state index is 0.252. The van der Waals surface area contributed by atoms with Crippen molar-refractivity contribution >= 4 is 23.2 Å². The van der Waals surface area contributed by atoms with Gasteiger partial charge in [-0.05, 0) is 42.0 Å². The van der Waals surface area contributed by atoms with Crippen molar-refractivity contribution in [2.24, 2.45) is 0 Å². The van der Waals surface area contributed by atoms with Crippen LogP contribution in [0.4, 0.5) is 5.69 Å². The molecule has 0 saturated heterocycles. The highest BCUT2D eigenvalue weighted by Crippen LogP contribution is 2.28. The highest BCUT2D eigenvalue weighted by molar-refractivity contribution is 6.32. The van der Waals surface area contributed by atoms with E-state index in [9.17, 15) is 4.79 Å². The predicted octanol–water partition coefficient (Wildman–Crippen LogP) is 5.33. The summed E-state index contributed by atoms with van der Waals surface area (Å²) in [5.41, 5.74) is 2.95. The number of benzene rings is 3. The van der Waals surface area contributed by atoms with Gasteiger partial charge >= 0.3 is 0 Å². The van der Waals surface area contributed by atoms with Crippen LogP contribution in [0.3, 0.4) is 0 Å². The molecule has 150 valence electrons. The second kappa shape index (κ2) is 9.96. The van der Waals surface area contributed by atoms with Crippen molar-refractivity contribution in [1.29, 1.82) is 0 Å². The van der Waals surface area contributed by atoms with Gasteiger partial charge in [-0.1, -0.05) is 41.9 Å². The molecular formula is C23H22ClNO4. The van der Waals surface area contributed by atoms with E-state index in [2.05, 4.69) is 5.32 Å². The van der Waals surface area contributed by atoms with Crippen LogP contribution in [0.5, 0.6) is 11.5 Å². The van der Waals surface area contributed by atoms with E-state index in [1.165, 1.54) is 7.11 Å². The fraction of sp³-hybridized carbons (Fsp3) is 0.174. The molecule has 0 aromatic heterocycles. The Labute approximate surface area is 175 Å². The summed E-state index contributed by atoms with van der Waals surface area (Å²) in [6.07, 6.45) is 0. The van der Waals surface area contributed by atoms with Crippen molar-refractivity contribution in [3.63, 3.8) is 0 Å². The number of ether oxygens (including phenoxy) is 3. The molecule has 0 fully saturated rings. The largest absolute Gasteiger partial charge is 0.496 e. The molecule has 0 heterocycles. The maximum atomic E-state index is 12.7. The first-order valence-corrected chi connectivity index (χ1v) is 9.42. The number of nitrogens with one attached hydrogen (secondary N) is 1. The van der Waals surface area contributed by atoms with Gasteiger partial charge in [-0.15, -0.1) is 0 Å². The molecule has 0 aliphatic heterocycles. The molecule has 0 atom stereocenters. The number of hydrogen-bond donors (Lipinski definition) is 1. The number of carbonyl (C=O) groups excluding carboxylic acids is 1. The van der Waals surface area contributed by atoms with Gasteiger partial charge in [0, 0.05) is 16.8 Å². The normalized spacial score (nSPS) is 10.4. The number of rotatable bonds is 8. The SMILES string of the molecule is COc1ccc(NC(=O)c2ccc(OC)c(COCc3ccccc3)c2)cc1Cl. The van der Waals surface area contributed by atoms with Crippen molar-refractivity contribution in [1.82, 2.24) is 0 Å². The molecule has 0 aliphatic rings. The fourth-order valence-corrected chi connectivity index (χ4v) is 3.09. The van der Waals surface area contributed by atoms with Crippen LogP contribution in [-0.2, 0) is 18.0 Å². The summed E-state index contributed by atoms with van der Waals surface area (Å²) in [7, 11) is 3.13. The Kier molecular flexibility index (Phi) is 7.11. The summed E-state index contributed by atoms with van der Waals surface area (Å²) >= 11 is 6.12. The lowest BCUT2D eigenvalue weighted by Crippen LogP contribution is -2.12. The highest BCUT2D eigenvalue weighted by atomic mass is 35.5. The number of amides is 1. The maximum Gasteiger partial charge on any atom is 0.255 e. The molecule has 0 unspecified atom stereocenters. The lowest BCUT2D eigenvalue weighted by molar-refractivity contribution is 0.102. The number of carbonyl (C=O) groups is 1. The topological polar surface area (TPSA) is 56.8 Å². The second-order valence-corrected chi connectivity index (χ2v) is 6.72. The molecule has 5 nitrogen and oxygen atoms in total. The summed E-state index contributed by atoms with van der Waals surface area (Å²) in [4.78, 5) is 12.7. The van der Waals surface area contributed by atoms with E-state index >= 15 is 0 Å². The van der Waals surface area contributed by atoms with Gasteiger partial charge in [0.25, 0.3) is 5.91 Å². The molecule has 0 radical (unpaired) electrons. The quantitative estimate of drug-likeness (QED) is 0.544. The van der Waals surface area contributed by atoms with E-state index in [1.54, 1.807) is 43.5 Å². The van der Waals surface area contributed by atoms with E-state index in [4.69, 9.17) is 25.8 Å². The number of hydrogen-bond acceptors (Lipinski definition) is 4. The first-order chi connectivity index (χ1) is 14.1. The first kappa shape index (κ1) is 20.7. The van der Waals surface area contributed by atoms with Crippen LogP contribution in [0.2, 0.25) is 5.02 Å². The van der Waals surface area contributed by atoms with Gasteiger partial charge in [0.15, 0.2) is 0 Å². The predicted molar refractivity (Wildman–Crippen MR) is 114 cm³/mol. The molecule has 0 spiro atoms. The molecule has 1 N–H and O–H groups in total.